The average molecular weight is 428 g/mol. The molecule has 0 unspecified atom stereocenters. The Bertz CT molecular complexity index is 459. The third kappa shape index (κ3) is 15.7. The number of hydrogen-bond donors (Lipinski definition) is 6. The van der Waals surface area contributed by atoms with Gasteiger partial charge in [-0.2, -0.15) is 0 Å². The second-order valence-electron chi connectivity index (χ2n) is 3.41. The van der Waals surface area contributed by atoms with Crippen molar-refractivity contribution >= 4 is 30.6 Å². The molecule has 0 aromatic carbocycles. The quantitative estimate of drug-likeness (QED) is 0.128. The Morgan fingerprint density at radius 2 is 0.739 bits per heavy atom. The summed E-state index contributed by atoms with van der Waals surface area (Å²) in [6.07, 6.45) is -4.33. The summed E-state index contributed by atoms with van der Waals surface area (Å²) in [6, 6.07) is 0. The molecular formula is C3H12O16P4. The van der Waals surface area contributed by atoms with Crippen LogP contribution >= 0.6 is 30.6 Å². The summed E-state index contributed by atoms with van der Waals surface area (Å²) in [7, 11) is -19.5. The molecule has 0 saturated carbocycles. The second kappa shape index (κ2) is 9.22. The first-order chi connectivity index (χ1) is 10.1. The summed E-state index contributed by atoms with van der Waals surface area (Å²) in [5, 5.41) is 0. The van der Waals surface area contributed by atoms with Crippen molar-refractivity contribution in [2.24, 2.45) is 0 Å². The lowest BCUT2D eigenvalue weighted by Gasteiger charge is -2.15. The Morgan fingerprint density at radius 1 is 0.522 bits per heavy atom. The van der Waals surface area contributed by atoms with Crippen molar-refractivity contribution < 1.29 is 76.3 Å². The number of phosphoric acid groups is 1. The molecule has 0 radical (unpaired) electrons. The zero-order valence-electron chi connectivity index (χ0n) is 10.7. The van der Waals surface area contributed by atoms with Crippen molar-refractivity contribution in [3.8, 4) is 0 Å². The highest BCUT2D eigenvalue weighted by molar-refractivity contribution is 7.52. The van der Waals surface area contributed by atoms with Gasteiger partial charge in [-0.15, -0.1) is 14.0 Å². The Kier molecular flexibility index (Phi) is 9.40. The topological polar surface area (TPSA) is 245 Å². The van der Waals surface area contributed by atoms with E-state index in [0.717, 1.165) is 0 Å². The predicted molar refractivity (Wildman–Crippen MR) is 64.8 cm³/mol. The molecule has 0 saturated heterocycles. The molecule has 0 amide bonds. The minimum absolute atomic E-state index is 1.44. The summed E-state index contributed by atoms with van der Waals surface area (Å²) < 4.78 is 54.4. The standard InChI is InChI=1S/C3H12O16P4/c4-20(5,6)1-14-17-23(13,18-15-2-21(7,8)9)19-16-3-22(10,11)12/h1-3H2,(H2,4,5,6)(H2,7,8,9)(H2,10,11,12). The second-order valence-corrected chi connectivity index (χ2v) is 9.51. The molecule has 6 N–H and O–H groups in total. The number of rotatable bonds is 12. The molecule has 0 aliphatic carbocycles. The van der Waals surface area contributed by atoms with Gasteiger partial charge in [0.1, 0.15) is 0 Å². The molecule has 0 aliphatic heterocycles. The summed E-state index contributed by atoms with van der Waals surface area (Å²) in [5.74, 6) is 0. The van der Waals surface area contributed by atoms with Crippen LogP contribution in [0.4, 0.5) is 0 Å². The third-order valence-corrected chi connectivity index (χ3v) is 3.28. The van der Waals surface area contributed by atoms with E-state index in [0.29, 0.717) is 0 Å². The highest BCUT2D eigenvalue weighted by Crippen LogP contribution is 2.53. The molecule has 16 nitrogen and oxygen atoms in total. The first-order valence-corrected chi connectivity index (χ1v) is 11.6. The van der Waals surface area contributed by atoms with Crippen LogP contribution in [-0.4, -0.2) is 48.4 Å². The highest BCUT2D eigenvalue weighted by Gasteiger charge is 2.35. The monoisotopic (exact) mass is 428 g/mol. The molecule has 0 heterocycles. The van der Waals surface area contributed by atoms with Gasteiger partial charge in [0.2, 0.25) is 0 Å². The van der Waals surface area contributed by atoms with Crippen LogP contribution in [0.1, 0.15) is 0 Å². The average Bonchev–Trinajstić information content (AvgIpc) is 2.22. The fraction of sp³-hybridized carbons (Fsp3) is 1.00. The van der Waals surface area contributed by atoms with E-state index in [2.05, 4.69) is 28.7 Å². The third-order valence-electron chi connectivity index (χ3n) is 1.09. The number of hydrogen-bond acceptors (Lipinski definition) is 10. The molecule has 0 aliphatic rings. The van der Waals surface area contributed by atoms with Crippen molar-refractivity contribution in [1.29, 1.82) is 0 Å². The van der Waals surface area contributed by atoms with E-state index in [9.17, 15) is 18.3 Å². The van der Waals surface area contributed by atoms with Gasteiger partial charge >= 0.3 is 30.6 Å². The largest absolute Gasteiger partial charge is 0.556 e. The summed E-state index contributed by atoms with van der Waals surface area (Å²) in [6.45, 7) is 0. The summed E-state index contributed by atoms with van der Waals surface area (Å²) in [5.41, 5.74) is 0. The Hall–Kier alpha value is 0.440. The minimum Gasteiger partial charge on any atom is -0.323 e. The van der Waals surface area contributed by atoms with Crippen LogP contribution in [0.5, 0.6) is 0 Å². The van der Waals surface area contributed by atoms with Gasteiger partial charge in [-0.25, -0.2) is 19.2 Å². The van der Waals surface area contributed by atoms with Crippen molar-refractivity contribution in [2.45, 2.75) is 0 Å². The highest BCUT2D eigenvalue weighted by atomic mass is 31.2. The molecule has 0 atom stereocenters. The van der Waals surface area contributed by atoms with Crippen LogP contribution < -0.4 is 0 Å². The van der Waals surface area contributed by atoms with E-state index in [1.165, 1.54) is 0 Å². The van der Waals surface area contributed by atoms with Crippen molar-refractivity contribution in [1.82, 2.24) is 0 Å². The Labute approximate surface area is 127 Å². The minimum atomic E-state index is -5.17. The van der Waals surface area contributed by atoms with Gasteiger partial charge in [0.25, 0.3) is 0 Å². The van der Waals surface area contributed by atoms with Gasteiger partial charge in [0.05, 0.1) is 0 Å². The lowest BCUT2D eigenvalue weighted by Crippen LogP contribution is -2.06. The predicted octanol–water partition coefficient (Wildman–Crippen LogP) is -0.655. The van der Waals surface area contributed by atoms with Crippen molar-refractivity contribution in [3.05, 3.63) is 0 Å². The maximum Gasteiger partial charge on any atom is 0.556 e. The smallest absolute Gasteiger partial charge is 0.323 e. The molecular weight excluding hydrogens is 416 g/mol. The van der Waals surface area contributed by atoms with E-state index in [-0.39, 0.29) is 0 Å². The summed E-state index contributed by atoms with van der Waals surface area (Å²) >= 11 is 0. The molecule has 0 rings (SSSR count). The molecule has 140 valence electrons. The van der Waals surface area contributed by atoms with Crippen LogP contribution in [-0.2, 0) is 46.9 Å². The van der Waals surface area contributed by atoms with E-state index in [1.807, 2.05) is 0 Å². The fourth-order valence-electron chi connectivity index (χ4n) is 0.508. The van der Waals surface area contributed by atoms with E-state index in [1.54, 1.807) is 0 Å². The van der Waals surface area contributed by atoms with Crippen LogP contribution in [0, 0.1) is 0 Å². The molecule has 0 aromatic rings. The maximum atomic E-state index is 11.7. The van der Waals surface area contributed by atoms with Crippen LogP contribution in [0.3, 0.4) is 0 Å². The van der Waals surface area contributed by atoms with E-state index < -0.39 is 49.7 Å². The molecule has 20 heteroatoms. The molecule has 0 bridgehead atoms. The molecule has 23 heavy (non-hydrogen) atoms. The Balaban J connectivity index is 4.62. The van der Waals surface area contributed by atoms with Crippen LogP contribution in [0.25, 0.3) is 0 Å². The first-order valence-electron chi connectivity index (χ1n) is 4.79. The van der Waals surface area contributed by atoms with E-state index in [4.69, 9.17) is 29.4 Å². The van der Waals surface area contributed by atoms with Gasteiger partial charge in [-0.05, 0) is 0 Å². The SMILES string of the molecule is O=P(O)(O)COOP(=O)(OOCP(=O)(O)O)OOCP(=O)(O)O. The molecule has 0 fully saturated rings. The van der Waals surface area contributed by atoms with Crippen molar-refractivity contribution in [3.63, 3.8) is 0 Å². The maximum absolute atomic E-state index is 11.7. The van der Waals surface area contributed by atoms with Gasteiger partial charge < -0.3 is 29.4 Å². The van der Waals surface area contributed by atoms with Crippen LogP contribution in [0.2, 0.25) is 0 Å². The van der Waals surface area contributed by atoms with Crippen molar-refractivity contribution in [2.75, 3.05) is 19.0 Å². The normalized spacial score (nSPS) is 14.2. The van der Waals surface area contributed by atoms with Gasteiger partial charge in [0.15, 0.2) is 19.0 Å². The van der Waals surface area contributed by atoms with Crippen LogP contribution in [0.15, 0.2) is 0 Å². The molecule has 0 spiro atoms. The van der Waals surface area contributed by atoms with Gasteiger partial charge in [-0.3, -0.25) is 13.7 Å². The van der Waals surface area contributed by atoms with E-state index >= 15 is 0 Å². The van der Waals surface area contributed by atoms with Gasteiger partial charge in [-0.1, -0.05) is 0 Å². The zero-order chi connectivity index (χ0) is 18.4. The Morgan fingerprint density at radius 3 is 0.913 bits per heavy atom. The lowest BCUT2D eigenvalue weighted by atomic mass is 11.7. The summed E-state index contributed by atoms with van der Waals surface area (Å²) in [4.78, 5) is 62.1. The van der Waals surface area contributed by atoms with Gasteiger partial charge in [0, 0.05) is 0 Å². The zero-order valence-corrected chi connectivity index (χ0v) is 14.3. The molecule has 0 aromatic heterocycles. The first kappa shape index (κ1) is 23.4. The lowest BCUT2D eigenvalue weighted by molar-refractivity contribution is -0.312. The fourth-order valence-corrected chi connectivity index (χ4v) is 1.95.